The predicted molar refractivity (Wildman–Crippen MR) is 92.1 cm³/mol. The maximum atomic E-state index is 14.2. The molecule has 1 saturated heterocycles. The zero-order valence-electron chi connectivity index (χ0n) is 14.4. The average molecular weight is 379 g/mol. The first kappa shape index (κ1) is 18.7. The molecule has 0 bridgehead atoms. The van der Waals surface area contributed by atoms with Gasteiger partial charge in [-0.2, -0.15) is 0 Å². The fraction of sp³-hybridized carbons (Fsp3) is 0.278. The minimum absolute atomic E-state index is 0.129. The Kier molecular flexibility index (Phi) is 5.02. The summed E-state index contributed by atoms with van der Waals surface area (Å²) in [6.45, 7) is 2.26. The summed E-state index contributed by atoms with van der Waals surface area (Å²) in [4.78, 5) is 25.6. The lowest BCUT2D eigenvalue weighted by Crippen LogP contribution is -2.54. The third-order valence-corrected chi connectivity index (χ3v) is 4.55. The van der Waals surface area contributed by atoms with Crippen molar-refractivity contribution >= 4 is 17.3 Å². The average Bonchev–Trinajstić information content (AvgIpc) is 2.61. The van der Waals surface area contributed by atoms with E-state index in [4.69, 9.17) is 0 Å². The lowest BCUT2D eigenvalue weighted by Gasteiger charge is -2.41. The van der Waals surface area contributed by atoms with Gasteiger partial charge in [-0.1, -0.05) is 6.07 Å². The molecule has 27 heavy (non-hydrogen) atoms. The van der Waals surface area contributed by atoms with Crippen molar-refractivity contribution in [2.75, 3.05) is 24.5 Å². The number of carbonyl (C=O) groups excluding carboxylic acids is 1. The monoisotopic (exact) mass is 379 g/mol. The number of nitrogens with zero attached hydrogens (tertiary/aromatic N) is 3. The van der Waals surface area contributed by atoms with Crippen LogP contribution in [0.2, 0.25) is 0 Å². The molecular weight excluding hydrogens is 363 g/mol. The van der Waals surface area contributed by atoms with Gasteiger partial charge in [-0.3, -0.25) is 14.9 Å². The van der Waals surface area contributed by atoms with Crippen molar-refractivity contribution in [1.82, 2.24) is 4.90 Å². The second-order valence-electron chi connectivity index (χ2n) is 6.28. The molecule has 0 spiro atoms. The number of non-ortho nitro benzene ring substituents is 1. The number of nitro benzene ring substituents is 1. The second kappa shape index (κ2) is 7.26. The topological polar surface area (TPSA) is 66.7 Å². The Morgan fingerprint density at radius 1 is 1.11 bits per heavy atom. The van der Waals surface area contributed by atoms with Crippen LogP contribution in [0.25, 0.3) is 0 Å². The zero-order valence-corrected chi connectivity index (χ0v) is 14.4. The van der Waals surface area contributed by atoms with Gasteiger partial charge in [0, 0.05) is 31.7 Å². The van der Waals surface area contributed by atoms with Crippen LogP contribution in [-0.4, -0.2) is 41.4 Å². The van der Waals surface area contributed by atoms with Crippen LogP contribution in [0.4, 0.5) is 24.5 Å². The van der Waals surface area contributed by atoms with Crippen LogP contribution < -0.4 is 4.90 Å². The molecule has 0 radical (unpaired) electrons. The Bertz CT molecular complexity index is 886. The van der Waals surface area contributed by atoms with Crippen LogP contribution in [0.1, 0.15) is 17.3 Å². The summed E-state index contributed by atoms with van der Waals surface area (Å²) in [6.07, 6.45) is 0. The van der Waals surface area contributed by atoms with Gasteiger partial charge in [-0.25, -0.2) is 13.2 Å². The van der Waals surface area contributed by atoms with E-state index in [9.17, 15) is 28.1 Å². The summed E-state index contributed by atoms with van der Waals surface area (Å²) in [5.74, 6) is -3.37. The molecule has 1 amide bonds. The zero-order chi connectivity index (χ0) is 19.7. The fourth-order valence-corrected chi connectivity index (χ4v) is 3.19. The number of piperazine rings is 1. The van der Waals surface area contributed by atoms with E-state index in [2.05, 4.69) is 0 Å². The Morgan fingerprint density at radius 2 is 1.78 bits per heavy atom. The number of anilines is 1. The predicted octanol–water partition coefficient (Wildman–Crippen LogP) is 3.36. The van der Waals surface area contributed by atoms with E-state index in [0.717, 1.165) is 18.2 Å². The molecule has 0 N–H and O–H groups in total. The molecule has 0 aromatic heterocycles. The molecule has 2 aromatic rings. The van der Waals surface area contributed by atoms with E-state index >= 15 is 0 Å². The first-order valence-corrected chi connectivity index (χ1v) is 8.23. The number of hydrogen-bond donors (Lipinski definition) is 0. The van der Waals surface area contributed by atoms with Crippen LogP contribution in [0.5, 0.6) is 0 Å². The Balaban J connectivity index is 1.78. The number of carbonyl (C=O) groups is 1. The number of rotatable bonds is 3. The van der Waals surface area contributed by atoms with E-state index in [1.54, 1.807) is 11.8 Å². The Morgan fingerprint density at radius 3 is 2.33 bits per heavy atom. The molecule has 9 heteroatoms. The van der Waals surface area contributed by atoms with Gasteiger partial charge in [0.05, 0.1) is 16.7 Å². The van der Waals surface area contributed by atoms with Crippen molar-refractivity contribution in [2.24, 2.45) is 0 Å². The molecule has 1 heterocycles. The lowest BCUT2D eigenvalue weighted by atomic mass is 10.1. The number of halogens is 3. The summed E-state index contributed by atoms with van der Waals surface area (Å²) in [7, 11) is 0. The van der Waals surface area contributed by atoms with Crippen molar-refractivity contribution in [3.8, 4) is 0 Å². The first-order chi connectivity index (χ1) is 12.8. The van der Waals surface area contributed by atoms with Crippen molar-refractivity contribution in [1.29, 1.82) is 0 Å². The number of nitro groups is 1. The highest BCUT2D eigenvalue weighted by Crippen LogP contribution is 2.27. The molecule has 1 atom stereocenters. The lowest BCUT2D eigenvalue weighted by molar-refractivity contribution is -0.385. The van der Waals surface area contributed by atoms with Gasteiger partial charge in [-0.05, 0) is 25.1 Å². The first-order valence-electron chi connectivity index (χ1n) is 8.23. The molecule has 0 saturated carbocycles. The summed E-state index contributed by atoms with van der Waals surface area (Å²) < 4.78 is 42.0. The molecule has 1 fully saturated rings. The summed E-state index contributed by atoms with van der Waals surface area (Å²) in [6, 6.07) is 6.13. The molecular formula is C18H16F3N3O3. The van der Waals surface area contributed by atoms with E-state index in [1.165, 1.54) is 23.1 Å². The van der Waals surface area contributed by atoms with Crippen molar-refractivity contribution in [3.63, 3.8) is 0 Å². The van der Waals surface area contributed by atoms with Gasteiger partial charge in [0.2, 0.25) is 0 Å². The van der Waals surface area contributed by atoms with E-state index < -0.39 is 39.9 Å². The highest BCUT2D eigenvalue weighted by molar-refractivity contribution is 5.95. The third-order valence-electron chi connectivity index (χ3n) is 4.55. The fourth-order valence-electron chi connectivity index (χ4n) is 3.19. The number of amides is 1. The SMILES string of the molecule is C[C@H]1CN(c2ccc([N+](=O)[O-])cc2F)CCN1C(=O)c1c(F)cccc1F. The standard InChI is InChI=1S/C18H16F3N3O3/c1-11-10-22(16-6-5-12(24(26)27)9-15(16)21)7-8-23(11)18(25)17-13(19)3-2-4-14(17)20/h2-6,9,11H,7-8,10H2,1H3/t11-/m0/s1. The van der Waals surface area contributed by atoms with Crippen LogP contribution in [0, 0.1) is 27.6 Å². The van der Waals surface area contributed by atoms with E-state index in [-0.39, 0.29) is 31.0 Å². The molecule has 1 aliphatic rings. The van der Waals surface area contributed by atoms with Crippen LogP contribution in [0.15, 0.2) is 36.4 Å². The largest absolute Gasteiger partial charge is 0.365 e. The summed E-state index contributed by atoms with van der Waals surface area (Å²) in [5.41, 5.74) is -0.788. The highest BCUT2D eigenvalue weighted by Gasteiger charge is 2.32. The van der Waals surface area contributed by atoms with Crippen molar-refractivity contribution in [2.45, 2.75) is 13.0 Å². The van der Waals surface area contributed by atoms with E-state index in [1.807, 2.05) is 0 Å². The highest BCUT2D eigenvalue weighted by atomic mass is 19.1. The van der Waals surface area contributed by atoms with Crippen molar-refractivity contribution in [3.05, 3.63) is 69.5 Å². The molecule has 6 nitrogen and oxygen atoms in total. The Labute approximate surface area is 153 Å². The van der Waals surface area contributed by atoms with Crippen LogP contribution in [-0.2, 0) is 0 Å². The van der Waals surface area contributed by atoms with Gasteiger partial charge in [0.25, 0.3) is 11.6 Å². The maximum absolute atomic E-state index is 14.2. The molecule has 0 aliphatic carbocycles. The van der Waals surface area contributed by atoms with Crippen molar-refractivity contribution < 1.29 is 22.9 Å². The smallest absolute Gasteiger partial charge is 0.272 e. The van der Waals surface area contributed by atoms with Gasteiger partial charge in [0.15, 0.2) is 5.82 Å². The van der Waals surface area contributed by atoms with Crippen LogP contribution >= 0.6 is 0 Å². The molecule has 0 unspecified atom stereocenters. The van der Waals surface area contributed by atoms with Gasteiger partial charge >= 0.3 is 0 Å². The molecule has 3 rings (SSSR count). The summed E-state index contributed by atoms with van der Waals surface area (Å²) in [5, 5.41) is 10.7. The molecule has 1 aliphatic heterocycles. The van der Waals surface area contributed by atoms with Gasteiger partial charge < -0.3 is 9.80 Å². The van der Waals surface area contributed by atoms with Gasteiger partial charge in [0.1, 0.15) is 17.2 Å². The molecule has 2 aromatic carbocycles. The minimum Gasteiger partial charge on any atom is -0.365 e. The summed E-state index contributed by atoms with van der Waals surface area (Å²) >= 11 is 0. The van der Waals surface area contributed by atoms with Crippen LogP contribution in [0.3, 0.4) is 0 Å². The Hall–Kier alpha value is -3.10. The van der Waals surface area contributed by atoms with Gasteiger partial charge in [-0.15, -0.1) is 0 Å². The van der Waals surface area contributed by atoms with E-state index in [0.29, 0.717) is 0 Å². The normalized spacial score (nSPS) is 17.1. The third kappa shape index (κ3) is 3.57. The minimum atomic E-state index is -0.934. The second-order valence-corrected chi connectivity index (χ2v) is 6.28. The maximum Gasteiger partial charge on any atom is 0.272 e. The number of benzene rings is 2. The number of hydrogen-bond acceptors (Lipinski definition) is 4. The quantitative estimate of drug-likeness (QED) is 0.606. The molecule has 142 valence electrons.